The number of piperidine rings is 1. The number of rotatable bonds is 2. The molecule has 1 fully saturated rings. The van der Waals surface area contributed by atoms with Crippen molar-refractivity contribution in [1.82, 2.24) is 5.32 Å². The lowest BCUT2D eigenvalue weighted by Crippen LogP contribution is -2.36. The molecule has 0 aromatic heterocycles. The van der Waals surface area contributed by atoms with Gasteiger partial charge in [0.1, 0.15) is 5.75 Å². The third-order valence-corrected chi connectivity index (χ3v) is 6.75. The zero-order valence-corrected chi connectivity index (χ0v) is 13.7. The average Bonchev–Trinajstić information content (AvgIpc) is 2.90. The van der Waals surface area contributed by atoms with Gasteiger partial charge in [0.15, 0.2) is 0 Å². The summed E-state index contributed by atoms with van der Waals surface area (Å²) in [4.78, 5) is 0. The van der Waals surface area contributed by atoms with Crippen molar-refractivity contribution < 1.29 is 4.74 Å². The highest BCUT2D eigenvalue weighted by Crippen LogP contribution is 2.60. The van der Waals surface area contributed by atoms with Crippen LogP contribution in [-0.2, 0) is 4.75 Å². The summed E-state index contributed by atoms with van der Waals surface area (Å²) in [6.45, 7) is 2.24. The monoisotopic (exact) mass is 311 g/mol. The highest BCUT2D eigenvalue weighted by molar-refractivity contribution is 8.01. The largest absolute Gasteiger partial charge is 0.497 e. The maximum absolute atomic E-state index is 5.30. The summed E-state index contributed by atoms with van der Waals surface area (Å²) in [6.07, 6.45) is 2.45. The Morgan fingerprint density at radius 3 is 2.50 bits per heavy atom. The Morgan fingerprint density at radius 1 is 1.05 bits per heavy atom. The number of methoxy groups -OCH3 is 1. The molecule has 0 aliphatic carbocycles. The van der Waals surface area contributed by atoms with Crippen LogP contribution in [0.2, 0.25) is 0 Å². The molecule has 1 saturated heterocycles. The van der Waals surface area contributed by atoms with Crippen LogP contribution in [0, 0.1) is 0 Å². The maximum Gasteiger partial charge on any atom is 0.118 e. The molecule has 0 bridgehead atoms. The zero-order chi connectivity index (χ0) is 15.0. The Morgan fingerprint density at radius 2 is 1.77 bits per heavy atom. The summed E-state index contributed by atoms with van der Waals surface area (Å²) >= 11 is 2.15. The normalized spacial score (nSPS) is 22.5. The predicted octanol–water partition coefficient (Wildman–Crippen LogP) is 4.11. The van der Waals surface area contributed by atoms with Crippen molar-refractivity contribution in [3.8, 4) is 5.75 Å². The van der Waals surface area contributed by atoms with E-state index in [9.17, 15) is 0 Å². The summed E-state index contributed by atoms with van der Waals surface area (Å²) in [7, 11) is 1.72. The summed E-state index contributed by atoms with van der Waals surface area (Å²) in [5, 5.41) is 3.95. The molecule has 4 rings (SSSR count). The van der Waals surface area contributed by atoms with Crippen LogP contribution >= 0.6 is 11.8 Å². The lowest BCUT2D eigenvalue weighted by atomic mass is 9.85. The predicted molar refractivity (Wildman–Crippen MR) is 92.7 cm³/mol. The molecule has 3 heteroatoms. The van der Waals surface area contributed by atoms with Crippen LogP contribution in [0.25, 0.3) is 0 Å². The molecule has 114 valence electrons. The van der Waals surface area contributed by atoms with Crippen molar-refractivity contribution >= 4 is 11.8 Å². The lowest BCUT2D eigenvalue weighted by molar-refractivity contribution is 0.414. The van der Waals surface area contributed by atoms with Crippen molar-refractivity contribution in [2.75, 3.05) is 20.2 Å². The van der Waals surface area contributed by atoms with E-state index < -0.39 is 0 Å². The topological polar surface area (TPSA) is 21.3 Å². The molecule has 0 amide bonds. The minimum atomic E-state index is 0.298. The van der Waals surface area contributed by atoms with E-state index in [0.29, 0.717) is 10.00 Å². The lowest BCUT2D eigenvalue weighted by Gasteiger charge is -2.34. The quantitative estimate of drug-likeness (QED) is 0.902. The van der Waals surface area contributed by atoms with Crippen molar-refractivity contribution in [3.63, 3.8) is 0 Å². The molecular formula is C19H21NOS. The van der Waals surface area contributed by atoms with Gasteiger partial charge >= 0.3 is 0 Å². The first-order valence-corrected chi connectivity index (χ1v) is 8.82. The van der Waals surface area contributed by atoms with Crippen LogP contribution in [0.5, 0.6) is 5.75 Å². The van der Waals surface area contributed by atoms with Crippen molar-refractivity contribution in [2.45, 2.75) is 22.8 Å². The standard InChI is InChI=1S/C19H21NOS/c1-21-15-8-6-14(7-9-15)18-16-4-2-3-5-17(16)19(22-18)10-12-20-13-11-19/h2-9,18,20H,10-13H2,1H3. The fourth-order valence-electron chi connectivity index (χ4n) is 3.74. The summed E-state index contributed by atoms with van der Waals surface area (Å²) in [5.41, 5.74) is 4.44. The fourth-order valence-corrected chi connectivity index (χ4v) is 5.57. The van der Waals surface area contributed by atoms with Gasteiger partial charge in [-0.25, -0.2) is 0 Å². The van der Waals surface area contributed by atoms with E-state index in [2.05, 4.69) is 65.6 Å². The first-order valence-electron chi connectivity index (χ1n) is 7.94. The Labute approximate surface area is 136 Å². The molecule has 2 aromatic carbocycles. The van der Waals surface area contributed by atoms with Gasteiger partial charge < -0.3 is 10.1 Å². The smallest absolute Gasteiger partial charge is 0.118 e. The molecule has 1 N–H and O–H groups in total. The van der Waals surface area contributed by atoms with Gasteiger partial charge in [0, 0.05) is 4.75 Å². The molecule has 0 radical (unpaired) electrons. The highest BCUT2D eigenvalue weighted by Gasteiger charge is 2.45. The van der Waals surface area contributed by atoms with Crippen LogP contribution in [0.3, 0.4) is 0 Å². The fraction of sp³-hybridized carbons (Fsp3) is 0.368. The third kappa shape index (κ3) is 2.24. The van der Waals surface area contributed by atoms with Crippen molar-refractivity contribution in [1.29, 1.82) is 0 Å². The van der Waals surface area contributed by atoms with E-state index in [1.165, 1.54) is 24.0 Å². The molecule has 2 aromatic rings. The first-order chi connectivity index (χ1) is 10.8. The maximum atomic E-state index is 5.30. The number of thioether (sulfide) groups is 1. The van der Waals surface area contributed by atoms with E-state index in [1.54, 1.807) is 12.7 Å². The number of nitrogens with one attached hydrogen (secondary N) is 1. The second-order valence-corrected chi connectivity index (χ2v) is 7.59. The van der Waals surface area contributed by atoms with E-state index in [1.807, 2.05) is 0 Å². The van der Waals surface area contributed by atoms with Crippen LogP contribution in [-0.4, -0.2) is 20.2 Å². The van der Waals surface area contributed by atoms with Crippen molar-refractivity contribution in [3.05, 3.63) is 65.2 Å². The number of hydrogen-bond donors (Lipinski definition) is 1. The SMILES string of the molecule is COc1ccc(C2SC3(CCNCC3)c3ccccc32)cc1. The summed E-state index contributed by atoms with van der Waals surface area (Å²) in [6, 6.07) is 17.6. The molecule has 2 aliphatic rings. The Bertz CT molecular complexity index is 661. The van der Waals surface area contributed by atoms with Gasteiger partial charge in [0.2, 0.25) is 0 Å². The number of fused-ring (bicyclic) bond motifs is 2. The van der Waals surface area contributed by atoms with E-state index in [0.717, 1.165) is 18.8 Å². The minimum Gasteiger partial charge on any atom is -0.497 e. The van der Waals surface area contributed by atoms with Gasteiger partial charge in [-0.1, -0.05) is 36.4 Å². The van der Waals surface area contributed by atoms with Gasteiger partial charge in [-0.15, -0.1) is 11.8 Å². The Hall–Kier alpha value is -1.45. The number of ether oxygens (including phenoxy) is 1. The number of hydrogen-bond acceptors (Lipinski definition) is 3. The van der Waals surface area contributed by atoms with Crippen LogP contribution in [0.1, 0.15) is 34.8 Å². The molecule has 2 aliphatic heterocycles. The van der Waals surface area contributed by atoms with Gasteiger partial charge in [0.25, 0.3) is 0 Å². The van der Waals surface area contributed by atoms with E-state index in [4.69, 9.17) is 4.74 Å². The van der Waals surface area contributed by atoms with Crippen LogP contribution < -0.4 is 10.1 Å². The first kappa shape index (κ1) is 14.2. The average molecular weight is 311 g/mol. The molecule has 1 spiro atoms. The number of benzene rings is 2. The summed E-state index contributed by atoms with van der Waals surface area (Å²) < 4.78 is 5.59. The second-order valence-electron chi connectivity index (χ2n) is 6.10. The molecule has 22 heavy (non-hydrogen) atoms. The van der Waals surface area contributed by atoms with E-state index in [-0.39, 0.29) is 0 Å². The van der Waals surface area contributed by atoms with Crippen LogP contribution in [0.4, 0.5) is 0 Å². The van der Waals surface area contributed by atoms with Gasteiger partial charge in [-0.3, -0.25) is 0 Å². The molecular weight excluding hydrogens is 290 g/mol. The minimum absolute atomic E-state index is 0.298. The van der Waals surface area contributed by atoms with E-state index >= 15 is 0 Å². The zero-order valence-electron chi connectivity index (χ0n) is 12.8. The van der Waals surface area contributed by atoms with Crippen molar-refractivity contribution in [2.24, 2.45) is 0 Å². The second kappa shape index (κ2) is 5.64. The Balaban J connectivity index is 1.75. The molecule has 2 heterocycles. The third-order valence-electron chi connectivity index (χ3n) is 4.91. The molecule has 2 nitrogen and oxygen atoms in total. The molecule has 1 unspecified atom stereocenters. The van der Waals surface area contributed by atoms with Crippen LogP contribution in [0.15, 0.2) is 48.5 Å². The molecule has 0 saturated carbocycles. The summed E-state index contributed by atoms with van der Waals surface area (Å²) in [5.74, 6) is 0.927. The van der Waals surface area contributed by atoms with Gasteiger partial charge in [-0.2, -0.15) is 0 Å². The Kier molecular flexibility index (Phi) is 3.63. The highest BCUT2D eigenvalue weighted by atomic mass is 32.2. The molecule has 1 atom stereocenters. The van der Waals surface area contributed by atoms with Gasteiger partial charge in [-0.05, 0) is 54.8 Å². The van der Waals surface area contributed by atoms with Gasteiger partial charge in [0.05, 0.1) is 12.4 Å².